The molecule has 2 nitrogen and oxygen atoms in total. The Morgan fingerprint density at radius 1 is 1.62 bits per heavy atom. The number of alkyl halides is 2. The number of aryl methyl sites for hydroxylation is 1. The second kappa shape index (κ2) is 3.98. The maximum atomic E-state index is 12.3. The van der Waals surface area contributed by atoms with Gasteiger partial charge in [-0.25, -0.2) is 13.8 Å². The number of aromatic nitrogens is 1. The van der Waals surface area contributed by atoms with Crippen molar-refractivity contribution in [3.63, 3.8) is 0 Å². The summed E-state index contributed by atoms with van der Waals surface area (Å²) in [6.07, 6.45) is -2.63. The van der Waals surface area contributed by atoms with Crippen molar-refractivity contribution in [3.05, 3.63) is 28.0 Å². The van der Waals surface area contributed by atoms with E-state index in [0.717, 1.165) is 0 Å². The number of aliphatic hydroxyl groups excluding tert-OH is 1. The maximum Gasteiger partial charge on any atom is 0.266 e. The van der Waals surface area contributed by atoms with Crippen LogP contribution in [0, 0.1) is 6.92 Å². The van der Waals surface area contributed by atoms with Crippen LogP contribution in [0.1, 0.15) is 23.2 Å². The quantitative estimate of drug-likeness (QED) is 0.756. The number of pyridine rings is 1. The van der Waals surface area contributed by atoms with E-state index in [1.807, 2.05) is 0 Å². The van der Waals surface area contributed by atoms with Crippen molar-refractivity contribution in [2.75, 3.05) is 0 Å². The van der Waals surface area contributed by atoms with Gasteiger partial charge in [0.2, 0.25) is 0 Å². The molecule has 0 saturated heterocycles. The summed E-state index contributed by atoms with van der Waals surface area (Å²) >= 11 is 5.47. The highest BCUT2D eigenvalue weighted by Crippen LogP contribution is 2.27. The molecule has 1 rings (SSSR count). The number of hydrogen-bond donors (Lipinski definition) is 1. The first-order valence-electron chi connectivity index (χ1n) is 3.61. The molecule has 0 atom stereocenters. The summed E-state index contributed by atoms with van der Waals surface area (Å²) in [5, 5.41) is 8.52. The van der Waals surface area contributed by atoms with Crippen LogP contribution in [0.15, 0.2) is 6.07 Å². The lowest BCUT2D eigenvalue weighted by atomic mass is 10.1. The Hall–Kier alpha value is -0.740. The lowest BCUT2D eigenvalue weighted by Crippen LogP contribution is -1.98. The summed E-state index contributed by atoms with van der Waals surface area (Å²) in [6.45, 7) is 1.30. The second-order valence-electron chi connectivity index (χ2n) is 2.59. The summed E-state index contributed by atoms with van der Waals surface area (Å²) in [5.74, 6) is 0. The fourth-order valence-electron chi connectivity index (χ4n) is 0.960. The smallest absolute Gasteiger partial charge is 0.266 e. The predicted octanol–water partition coefficient (Wildman–Crippen LogP) is 2.47. The van der Waals surface area contributed by atoms with Crippen LogP contribution >= 0.6 is 11.6 Å². The zero-order chi connectivity index (χ0) is 10.0. The van der Waals surface area contributed by atoms with Crippen LogP contribution in [0.25, 0.3) is 0 Å². The SMILES string of the molecule is Cc1cc(C(F)F)c(Cl)nc1CO. The van der Waals surface area contributed by atoms with E-state index in [9.17, 15) is 8.78 Å². The minimum atomic E-state index is -2.63. The zero-order valence-electron chi connectivity index (χ0n) is 6.89. The van der Waals surface area contributed by atoms with Gasteiger partial charge < -0.3 is 5.11 Å². The second-order valence-corrected chi connectivity index (χ2v) is 2.95. The minimum absolute atomic E-state index is 0.246. The Balaban J connectivity index is 3.20. The topological polar surface area (TPSA) is 33.1 Å². The Bertz CT molecular complexity index is 317. The van der Waals surface area contributed by atoms with Crippen LogP contribution in [-0.4, -0.2) is 10.1 Å². The van der Waals surface area contributed by atoms with Gasteiger partial charge in [0.1, 0.15) is 5.15 Å². The van der Waals surface area contributed by atoms with Gasteiger partial charge in [-0.15, -0.1) is 0 Å². The van der Waals surface area contributed by atoms with E-state index in [2.05, 4.69) is 4.98 Å². The molecular weight excluding hydrogens is 200 g/mol. The van der Waals surface area contributed by atoms with Gasteiger partial charge >= 0.3 is 0 Å². The average molecular weight is 208 g/mol. The fourth-order valence-corrected chi connectivity index (χ4v) is 1.20. The van der Waals surface area contributed by atoms with E-state index >= 15 is 0 Å². The Labute approximate surface area is 79.2 Å². The average Bonchev–Trinajstić information content (AvgIpc) is 2.07. The summed E-state index contributed by atoms with van der Waals surface area (Å²) in [7, 11) is 0. The van der Waals surface area contributed by atoms with Gasteiger partial charge in [-0.1, -0.05) is 11.6 Å². The third kappa shape index (κ3) is 2.14. The molecule has 0 unspecified atom stereocenters. The molecule has 1 heterocycles. The Morgan fingerprint density at radius 2 is 2.23 bits per heavy atom. The van der Waals surface area contributed by atoms with E-state index in [0.29, 0.717) is 11.3 Å². The molecule has 0 saturated carbocycles. The Kier molecular flexibility index (Phi) is 3.17. The third-order valence-corrected chi connectivity index (χ3v) is 1.99. The first-order valence-corrected chi connectivity index (χ1v) is 3.99. The highest BCUT2D eigenvalue weighted by Gasteiger charge is 2.15. The van der Waals surface area contributed by atoms with Gasteiger partial charge in [0.25, 0.3) is 6.43 Å². The molecule has 0 radical (unpaired) electrons. The van der Waals surface area contributed by atoms with Crippen molar-refractivity contribution in [1.29, 1.82) is 0 Å². The number of nitrogens with zero attached hydrogens (tertiary/aromatic N) is 1. The molecule has 0 bridgehead atoms. The van der Waals surface area contributed by atoms with Gasteiger partial charge in [0.15, 0.2) is 0 Å². The normalized spacial score (nSPS) is 10.9. The van der Waals surface area contributed by atoms with Crippen LogP contribution in [-0.2, 0) is 6.61 Å². The van der Waals surface area contributed by atoms with Crippen molar-refractivity contribution in [1.82, 2.24) is 4.98 Å². The first-order chi connectivity index (χ1) is 6.06. The third-order valence-electron chi connectivity index (χ3n) is 1.68. The lowest BCUT2D eigenvalue weighted by Gasteiger charge is -2.06. The standard InChI is InChI=1S/C8H8ClF2NO/c1-4-2-5(8(10)11)7(9)12-6(4)3-13/h2,8,13H,3H2,1H3. The molecule has 5 heteroatoms. The van der Waals surface area contributed by atoms with E-state index in [4.69, 9.17) is 16.7 Å². The van der Waals surface area contributed by atoms with Crippen LogP contribution in [0.3, 0.4) is 0 Å². The molecule has 0 aromatic carbocycles. The van der Waals surface area contributed by atoms with Gasteiger partial charge in [0, 0.05) is 0 Å². The molecule has 1 aromatic rings. The molecule has 0 spiro atoms. The molecule has 0 fully saturated rings. The molecular formula is C8H8ClF2NO. The number of hydrogen-bond acceptors (Lipinski definition) is 2. The first kappa shape index (κ1) is 10.3. The van der Waals surface area contributed by atoms with Crippen LogP contribution < -0.4 is 0 Å². The van der Waals surface area contributed by atoms with E-state index in [1.165, 1.54) is 6.07 Å². The van der Waals surface area contributed by atoms with Crippen molar-refractivity contribution < 1.29 is 13.9 Å². The lowest BCUT2D eigenvalue weighted by molar-refractivity contribution is 0.151. The van der Waals surface area contributed by atoms with Crippen LogP contribution in [0.5, 0.6) is 0 Å². The molecule has 72 valence electrons. The molecule has 0 aliphatic heterocycles. The molecule has 1 N–H and O–H groups in total. The molecule has 0 aliphatic rings. The minimum Gasteiger partial charge on any atom is -0.390 e. The van der Waals surface area contributed by atoms with E-state index in [-0.39, 0.29) is 17.3 Å². The molecule has 13 heavy (non-hydrogen) atoms. The van der Waals surface area contributed by atoms with Gasteiger partial charge in [-0.3, -0.25) is 0 Å². The number of aliphatic hydroxyl groups is 1. The van der Waals surface area contributed by atoms with Crippen molar-refractivity contribution >= 4 is 11.6 Å². The largest absolute Gasteiger partial charge is 0.390 e. The monoisotopic (exact) mass is 207 g/mol. The molecule has 0 amide bonds. The van der Waals surface area contributed by atoms with E-state index < -0.39 is 6.43 Å². The van der Waals surface area contributed by atoms with Gasteiger partial charge in [-0.2, -0.15) is 0 Å². The fraction of sp³-hybridized carbons (Fsp3) is 0.375. The molecule has 0 aliphatic carbocycles. The number of halogens is 3. The van der Waals surface area contributed by atoms with Crippen molar-refractivity contribution in [2.24, 2.45) is 0 Å². The Morgan fingerprint density at radius 3 is 2.69 bits per heavy atom. The van der Waals surface area contributed by atoms with Gasteiger partial charge in [0.05, 0.1) is 17.9 Å². The maximum absolute atomic E-state index is 12.3. The molecule has 1 aromatic heterocycles. The highest BCUT2D eigenvalue weighted by atomic mass is 35.5. The van der Waals surface area contributed by atoms with Crippen molar-refractivity contribution in [2.45, 2.75) is 20.0 Å². The highest BCUT2D eigenvalue weighted by molar-refractivity contribution is 6.30. The summed E-state index contributed by atoms with van der Waals surface area (Å²) < 4.78 is 24.5. The summed E-state index contributed by atoms with van der Waals surface area (Å²) in [5.41, 5.74) is 0.549. The summed E-state index contributed by atoms with van der Waals surface area (Å²) in [4.78, 5) is 3.65. The number of rotatable bonds is 2. The van der Waals surface area contributed by atoms with E-state index in [1.54, 1.807) is 6.92 Å². The van der Waals surface area contributed by atoms with Crippen LogP contribution in [0.4, 0.5) is 8.78 Å². The predicted molar refractivity (Wildman–Crippen MR) is 44.9 cm³/mol. The van der Waals surface area contributed by atoms with Crippen LogP contribution in [0.2, 0.25) is 5.15 Å². The zero-order valence-corrected chi connectivity index (χ0v) is 7.65. The summed E-state index contributed by atoms with van der Waals surface area (Å²) in [6, 6.07) is 1.24. The van der Waals surface area contributed by atoms with Crippen molar-refractivity contribution in [3.8, 4) is 0 Å². The van der Waals surface area contributed by atoms with Gasteiger partial charge in [-0.05, 0) is 18.6 Å².